The maximum absolute atomic E-state index is 10.6. The molecule has 1 unspecified atom stereocenters. The fourth-order valence-corrected chi connectivity index (χ4v) is 3.33. The molecule has 0 aromatic heterocycles. The summed E-state index contributed by atoms with van der Waals surface area (Å²) in [7, 11) is 0. The van der Waals surface area contributed by atoms with Crippen molar-refractivity contribution in [1.29, 1.82) is 0 Å². The van der Waals surface area contributed by atoms with Crippen LogP contribution >= 0.6 is 11.6 Å². The maximum atomic E-state index is 10.6. The first-order chi connectivity index (χ1) is 12.2. The second-order valence-corrected chi connectivity index (χ2v) is 7.63. The zero-order chi connectivity index (χ0) is 18.3. The van der Waals surface area contributed by atoms with Crippen LogP contribution < -0.4 is 0 Å². The van der Waals surface area contributed by atoms with Gasteiger partial charge >= 0.3 is 0 Å². The van der Waals surface area contributed by atoms with Crippen molar-refractivity contribution in [3.8, 4) is 0 Å². The first-order valence-electron chi connectivity index (χ1n) is 10.3. The Hall–Kier alpha value is -0.570. The number of hydrogen-bond acceptors (Lipinski definition) is 2. The predicted octanol–water partition coefficient (Wildman–Crippen LogP) is 6.62. The lowest BCUT2D eigenvalue weighted by Crippen LogP contribution is -2.31. The van der Waals surface area contributed by atoms with Gasteiger partial charge in [-0.3, -0.25) is 0 Å². The zero-order valence-corrected chi connectivity index (χ0v) is 17.1. The van der Waals surface area contributed by atoms with Gasteiger partial charge in [-0.2, -0.15) is 0 Å². The molecule has 0 amide bonds. The first-order valence-corrected chi connectivity index (χ1v) is 10.7. The van der Waals surface area contributed by atoms with Crippen LogP contribution in [0, 0.1) is 0 Å². The summed E-state index contributed by atoms with van der Waals surface area (Å²) < 4.78 is 0. The average molecular weight is 368 g/mol. The van der Waals surface area contributed by atoms with Crippen LogP contribution in [0.1, 0.15) is 89.7 Å². The molecule has 1 rings (SSSR count). The molecule has 0 saturated carbocycles. The van der Waals surface area contributed by atoms with E-state index < -0.39 is 6.10 Å². The summed E-state index contributed by atoms with van der Waals surface area (Å²) in [6.45, 7) is 7.43. The Morgan fingerprint density at radius 1 is 0.800 bits per heavy atom. The fourth-order valence-electron chi connectivity index (χ4n) is 3.21. The molecular weight excluding hydrogens is 330 g/mol. The highest BCUT2D eigenvalue weighted by atomic mass is 35.5. The first kappa shape index (κ1) is 22.5. The van der Waals surface area contributed by atoms with E-state index in [2.05, 4.69) is 18.7 Å². The third-order valence-corrected chi connectivity index (χ3v) is 5.09. The minimum absolute atomic E-state index is 0.427. The largest absolute Gasteiger partial charge is 0.387 e. The Balaban J connectivity index is 2.42. The van der Waals surface area contributed by atoms with Crippen LogP contribution in [-0.4, -0.2) is 29.6 Å². The molecule has 1 aromatic rings. The lowest BCUT2D eigenvalue weighted by Gasteiger charge is -2.25. The van der Waals surface area contributed by atoms with E-state index >= 15 is 0 Å². The second kappa shape index (κ2) is 14.6. The molecule has 3 heteroatoms. The normalized spacial score (nSPS) is 12.7. The summed E-state index contributed by atoms with van der Waals surface area (Å²) in [6.07, 6.45) is 12.6. The molecule has 144 valence electrons. The molecule has 0 saturated heterocycles. The van der Waals surface area contributed by atoms with Crippen molar-refractivity contribution in [2.24, 2.45) is 0 Å². The van der Waals surface area contributed by atoms with Gasteiger partial charge in [0.15, 0.2) is 0 Å². The lowest BCUT2D eigenvalue weighted by atomic mass is 10.1. The highest BCUT2D eigenvalue weighted by Gasteiger charge is 2.13. The highest BCUT2D eigenvalue weighted by molar-refractivity contribution is 6.30. The topological polar surface area (TPSA) is 23.5 Å². The molecular formula is C22H38ClNO. The fraction of sp³-hybridized carbons (Fsp3) is 0.727. The molecule has 1 aromatic carbocycles. The average Bonchev–Trinajstić information content (AvgIpc) is 2.61. The van der Waals surface area contributed by atoms with Crippen molar-refractivity contribution in [1.82, 2.24) is 4.90 Å². The van der Waals surface area contributed by atoms with Crippen molar-refractivity contribution in [3.63, 3.8) is 0 Å². The smallest absolute Gasteiger partial charge is 0.0916 e. The van der Waals surface area contributed by atoms with Gasteiger partial charge in [0.25, 0.3) is 0 Å². The van der Waals surface area contributed by atoms with Crippen molar-refractivity contribution < 1.29 is 5.11 Å². The van der Waals surface area contributed by atoms with Crippen LogP contribution in [-0.2, 0) is 0 Å². The van der Waals surface area contributed by atoms with Crippen LogP contribution in [0.4, 0.5) is 0 Å². The van der Waals surface area contributed by atoms with Gasteiger partial charge in [0.2, 0.25) is 0 Å². The number of hydrogen-bond donors (Lipinski definition) is 1. The Morgan fingerprint density at radius 3 is 1.76 bits per heavy atom. The lowest BCUT2D eigenvalue weighted by molar-refractivity contribution is 0.110. The molecule has 1 atom stereocenters. The van der Waals surface area contributed by atoms with Crippen LogP contribution in [0.3, 0.4) is 0 Å². The van der Waals surface area contributed by atoms with E-state index in [0.717, 1.165) is 30.2 Å². The third-order valence-electron chi connectivity index (χ3n) is 4.84. The van der Waals surface area contributed by atoms with E-state index in [1.165, 1.54) is 64.2 Å². The number of aliphatic hydroxyl groups excluding tert-OH is 1. The van der Waals surface area contributed by atoms with Gasteiger partial charge < -0.3 is 10.0 Å². The maximum Gasteiger partial charge on any atom is 0.0916 e. The Kier molecular flexibility index (Phi) is 13.1. The van der Waals surface area contributed by atoms with E-state index in [1.807, 2.05) is 24.3 Å². The molecule has 0 aliphatic rings. The van der Waals surface area contributed by atoms with Crippen molar-refractivity contribution in [2.75, 3.05) is 19.6 Å². The second-order valence-electron chi connectivity index (χ2n) is 7.20. The molecule has 25 heavy (non-hydrogen) atoms. The van der Waals surface area contributed by atoms with E-state index in [1.54, 1.807) is 0 Å². The molecule has 0 fully saturated rings. The van der Waals surface area contributed by atoms with E-state index in [0.29, 0.717) is 0 Å². The number of benzene rings is 1. The summed E-state index contributed by atoms with van der Waals surface area (Å²) in [5, 5.41) is 11.3. The van der Waals surface area contributed by atoms with Crippen LogP contribution in [0.15, 0.2) is 24.3 Å². The van der Waals surface area contributed by atoms with E-state index in [4.69, 9.17) is 11.6 Å². The quantitative estimate of drug-likeness (QED) is 0.352. The van der Waals surface area contributed by atoms with Crippen LogP contribution in [0.25, 0.3) is 0 Å². The van der Waals surface area contributed by atoms with Gasteiger partial charge in [-0.1, -0.05) is 88.9 Å². The van der Waals surface area contributed by atoms with Gasteiger partial charge in [-0.05, 0) is 43.6 Å². The van der Waals surface area contributed by atoms with Crippen LogP contribution in [0.2, 0.25) is 5.02 Å². The number of rotatable bonds is 15. The molecule has 0 aliphatic carbocycles. The van der Waals surface area contributed by atoms with Crippen molar-refractivity contribution in [2.45, 2.75) is 84.2 Å². The third kappa shape index (κ3) is 10.9. The van der Waals surface area contributed by atoms with Crippen molar-refractivity contribution in [3.05, 3.63) is 34.9 Å². The molecule has 0 bridgehead atoms. The summed E-state index contributed by atoms with van der Waals surface area (Å²) in [5.41, 5.74) is 0.964. The van der Waals surface area contributed by atoms with E-state index in [9.17, 15) is 5.11 Å². The van der Waals surface area contributed by atoms with Gasteiger partial charge in [0, 0.05) is 11.6 Å². The molecule has 1 N–H and O–H groups in total. The Bertz CT molecular complexity index is 407. The monoisotopic (exact) mass is 367 g/mol. The number of unbranched alkanes of at least 4 members (excludes halogenated alkanes) is 8. The summed E-state index contributed by atoms with van der Waals surface area (Å²) >= 11 is 5.95. The van der Waals surface area contributed by atoms with E-state index in [-0.39, 0.29) is 0 Å². The van der Waals surface area contributed by atoms with Gasteiger partial charge in [-0.25, -0.2) is 0 Å². The highest BCUT2D eigenvalue weighted by Crippen LogP contribution is 2.18. The Morgan fingerprint density at radius 2 is 1.28 bits per heavy atom. The molecule has 0 radical (unpaired) electrons. The predicted molar refractivity (Wildman–Crippen MR) is 110 cm³/mol. The summed E-state index contributed by atoms with van der Waals surface area (Å²) in [5.74, 6) is 0. The van der Waals surface area contributed by atoms with Crippen molar-refractivity contribution >= 4 is 11.6 Å². The standard InChI is InChI=1S/C22H38ClNO/c1-3-5-7-9-11-17-24(18-12-10-8-6-4-2)19-22(25)20-13-15-21(23)16-14-20/h13-16,22,25H,3-12,17-19H2,1-2H3. The Labute approximate surface area is 160 Å². The number of halogens is 1. The minimum atomic E-state index is -0.427. The summed E-state index contributed by atoms with van der Waals surface area (Å²) in [4.78, 5) is 2.46. The number of nitrogens with zero attached hydrogens (tertiary/aromatic N) is 1. The van der Waals surface area contributed by atoms with Crippen LogP contribution in [0.5, 0.6) is 0 Å². The molecule has 2 nitrogen and oxygen atoms in total. The minimum Gasteiger partial charge on any atom is -0.387 e. The van der Waals surface area contributed by atoms with Gasteiger partial charge in [-0.15, -0.1) is 0 Å². The molecule has 0 aliphatic heterocycles. The summed E-state index contributed by atoms with van der Waals surface area (Å²) in [6, 6.07) is 7.60. The SMILES string of the molecule is CCCCCCCN(CCCCCCC)CC(O)c1ccc(Cl)cc1. The number of aliphatic hydroxyl groups is 1. The zero-order valence-electron chi connectivity index (χ0n) is 16.4. The molecule has 0 spiro atoms. The molecule has 0 heterocycles. The van der Waals surface area contributed by atoms with Gasteiger partial charge in [0.05, 0.1) is 6.10 Å². The van der Waals surface area contributed by atoms with Gasteiger partial charge in [0.1, 0.15) is 0 Å².